The van der Waals surface area contributed by atoms with Crippen LogP contribution in [0, 0.1) is 12.7 Å². The van der Waals surface area contributed by atoms with Crippen LogP contribution in [0.5, 0.6) is 0 Å². The molecule has 0 aliphatic heterocycles. The second-order valence-electron chi connectivity index (χ2n) is 7.40. The molecule has 0 bridgehead atoms. The van der Waals surface area contributed by atoms with E-state index in [4.69, 9.17) is 4.98 Å². The molecule has 1 aromatic carbocycles. The number of H-pyrrole nitrogens is 1. The van der Waals surface area contributed by atoms with E-state index in [-0.39, 0.29) is 11.9 Å². The maximum atomic E-state index is 13.3. The Kier molecular flexibility index (Phi) is 3.89. The topological polar surface area (TPSA) is 71.4 Å². The van der Waals surface area contributed by atoms with E-state index in [1.807, 2.05) is 25.1 Å². The van der Waals surface area contributed by atoms with Crippen molar-refractivity contribution in [2.24, 2.45) is 0 Å². The number of benzene rings is 1. The summed E-state index contributed by atoms with van der Waals surface area (Å²) in [6.07, 6.45) is 2.46. The van der Waals surface area contributed by atoms with Gasteiger partial charge in [0.05, 0.1) is 6.04 Å². The standard InChI is InChI=1S/C21H21FN6/c1-12(14-5-7-16(22)8-6-14)28-13(2)23-17-9-10-19(25-21(17)28)24-20-11-18(26-27-20)15-3-4-15/h5-12,15H,3-4H2,1-2H3,(H2,24,25,26,27)/t12-/m0/s1. The van der Waals surface area contributed by atoms with Gasteiger partial charge in [-0.05, 0) is 56.5 Å². The molecule has 2 N–H and O–H groups in total. The fraction of sp³-hybridized carbons (Fsp3) is 0.286. The van der Waals surface area contributed by atoms with Crippen molar-refractivity contribution in [2.75, 3.05) is 5.32 Å². The number of pyridine rings is 1. The zero-order chi connectivity index (χ0) is 19.3. The Bertz CT molecular complexity index is 1140. The summed E-state index contributed by atoms with van der Waals surface area (Å²) in [5.74, 6) is 2.74. The first-order valence-corrected chi connectivity index (χ1v) is 9.52. The Morgan fingerprint density at radius 1 is 1.11 bits per heavy atom. The molecule has 1 fully saturated rings. The summed E-state index contributed by atoms with van der Waals surface area (Å²) in [7, 11) is 0. The van der Waals surface area contributed by atoms with Gasteiger partial charge >= 0.3 is 0 Å². The van der Waals surface area contributed by atoms with Gasteiger partial charge in [-0.25, -0.2) is 14.4 Å². The highest BCUT2D eigenvalue weighted by Crippen LogP contribution is 2.39. The number of fused-ring (bicyclic) bond motifs is 1. The summed E-state index contributed by atoms with van der Waals surface area (Å²) >= 11 is 0. The number of halogens is 1. The van der Waals surface area contributed by atoms with Crippen LogP contribution in [0.15, 0.2) is 42.5 Å². The van der Waals surface area contributed by atoms with Gasteiger partial charge in [0, 0.05) is 17.7 Å². The van der Waals surface area contributed by atoms with E-state index in [0.29, 0.717) is 11.7 Å². The number of rotatable bonds is 5. The maximum absolute atomic E-state index is 13.3. The van der Waals surface area contributed by atoms with E-state index in [0.717, 1.165) is 28.4 Å². The molecule has 7 heteroatoms. The predicted octanol–water partition coefficient (Wildman–Crippen LogP) is 4.83. The largest absolute Gasteiger partial charge is 0.323 e. The van der Waals surface area contributed by atoms with Crippen molar-refractivity contribution in [1.29, 1.82) is 0 Å². The molecule has 5 rings (SSSR count). The number of aromatic amines is 1. The Hall–Kier alpha value is -3.22. The fourth-order valence-electron chi connectivity index (χ4n) is 3.65. The van der Waals surface area contributed by atoms with Gasteiger partial charge in [0.15, 0.2) is 11.5 Å². The average molecular weight is 376 g/mol. The summed E-state index contributed by atoms with van der Waals surface area (Å²) in [6, 6.07) is 12.5. The lowest BCUT2D eigenvalue weighted by Crippen LogP contribution is -2.09. The Morgan fingerprint density at radius 2 is 1.89 bits per heavy atom. The third-order valence-electron chi connectivity index (χ3n) is 5.32. The quantitative estimate of drug-likeness (QED) is 0.523. The Balaban J connectivity index is 1.49. The Morgan fingerprint density at radius 3 is 2.64 bits per heavy atom. The minimum Gasteiger partial charge on any atom is -0.323 e. The summed E-state index contributed by atoms with van der Waals surface area (Å²) in [5.41, 5.74) is 3.80. The summed E-state index contributed by atoms with van der Waals surface area (Å²) in [5, 5.41) is 10.7. The maximum Gasteiger partial charge on any atom is 0.162 e. The van der Waals surface area contributed by atoms with Gasteiger partial charge in [-0.15, -0.1) is 0 Å². The lowest BCUT2D eigenvalue weighted by molar-refractivity contribution is 0.613. The van der Waals surface area contributed by atoms with Crippen LogP contribution in [0.1, 0.15) is 48.8 Å². The highest BCUT2D eigenvalue weighted by molar-refractivity contribution is 5.75. The zero-order valence-electron chi connectivity index (χ0n) is 15.8. The molecule has 0 spiro atoms. The van der Waals surface area contributed by atoms with Crippen LogP contribution < -0.4 is 5.32 Å². The van der Waals surface area contributed by atoms with Crippen molar-refractivity contribution in [3.05, 3.63) is 65.4 Å². The van der Waals surface area contributed by atoms with Crippen molar-refractivity contribution in [1.82, 2.24) is 24.7 Å². The number of hydrogen-bond acceptors (Lipinski definition) is 4. The zero-order valence-corrected chi connectivity index (χ0v) is 15.8. The first-order valence-electron chi connectivity index (χ1n) is 9.52. The molecular weight excluding hydrogens is 355 g/mol. The predicted molar refractivity (Wildman–Crippen MR) is 106 cm³/mol. The van der Waals surface area contributed by atoms with Crippen molar-refractivity contribution in [3.8, 4) is 0 Å². The van der Waals surface area contributed by atoms with Crippen molar-refractivity contribution < 1.29 is 4.39 Å². The lowest BCUT2D eigenvalue weighted by Gasteiger charge is -2.16. The van der Waals surface area contributed by atoms with E-state index in [1.54, 1.807) is 12.1 Å². The van der Waals surface area contributed by atoms with Crippen LogP contribution in [0.2, 0.25) is 0 Å². The molecule has 0 amide bonds. The lowest BCUT2D eigenvalue weighted by atomic mass is 10.1. The molecule has 3 aromatic heterocycles. The SMILES string of the molecule is Cc1nc2ccc(Nc3cc(C4CC4)[nH]n3)nc2n1[C@@H](C)c1ccc(F)cc1. The second-order valence-corrected chi connectivity index (χ2v) is 7.40. The number of aromatic nitrogens is 5. The van der Waals surface area contributed by atoms with Gasteiger partial charge in [-0.3, -0.25) is 5.10 Å². The monoisotopic (exact) mass is 376 g/mol. The molecule has 1 atom stereocenters. The number of nitrogens with zero attached hydrogens (tertiary/aromatic N) is 4. The molecule has 1 aliphatic carbocycles. The minimum absolute atomic E-state index is 0.0137. The molecule has 6 nitrogen and oxygen atoms in total. The van der Waals surface area contributed by atoms with Gasteiger partial charge in [0.1, 0.15) is 23.0 Å². The number of aryl methyl sites for hydroxylation is 1. The molecule has 4 aromatic rings. The second kappa shape index (κ2) is 6.44. The smallest absolute Gasteiger partial charge is 0.162 e. The molecule has 0 saturated heterocycles. The van der Waals surface area contributed by atoms with Crippen molar-refractivity contribution in [2.45, 2.75) is 38.6 Å². The van der Waals surface area contributed by atoms with Gasteiger partial charge < -0.3 is 9.88 Å². The van der Waals surface area contributed by atoms with Crippen LogP contribution in [0.3, 0.4) is 0 Å². The highest BCUT2D eigenvalue weighted by Gasteiger charge is 2.25. The number of nitrogens with one attached hydrogen (secondary N) is 2. The van der Waals surface area contributed by atoms with Gasteiger partial charge in [-0.1, -0.05) is 12.1 Å². The van der Waals surface area contributed by atoms with Crippen LogP contribution in [0.4, 0.5) is 16.0 Å². The van der Waals surface area contributed by atoms with Crippen LogP contribution >= 0.6 is 0 Å². The molecule has 1 saturated carbocycles. The van der Waals surface area contributed by atoms with E-state index < -0.39 is 0 Å². The normalized spacial score (nSPS) is 15.1. The third-order valence-corrected chi connectivity index (χ3v) is 5.32. The van der Waals surface area contributed by atoms with E-state index in [9.17, 15) is 4.39 Å². The number of imidazole rings is 1. The van der Waals surface area contributed by atoms with Crippen LogP contribution in [-0.2, 0) is 0 Å². The molecule has 1 aliphatic rings. The van der Waals surface area contributed by atoms with E-state index in [1.165, 1.54) is 30.7 Å². The van der Waals surface area contributed by atoms with Crippen molar-refractivity contribution in [3.63, 3.8) is 0 Å². The molecule has 28 heavy (non-hydrogen) atoms. The summed E-state index contributed by atoms with van der Waals surface area (Å²) < 4.78 is 15.4. The van der Waals surface area contributed by atoms with Gasteiger partial charge in [0.25, 0.3) is 0 Å². The molecular formula is C21H21FN6. The average Bonchev–Trinajstić information content (AvgIpc) is 3.34. The first kappa shape index (κ1) is 16.9. The highest BCUT2D eigenvalue weighted by atomic mass is 19.1. The molecule has 0 radical (unpaired) electrons. The minimum atomic E-state index is -0.239. The number of anilines is 2. The summed E-state index contributed by atoms with van der Waals surface area (Å²) in [4.78, 5) is 9.42. The number of hydrogen-bond donors (Lipinski definition) is 2. The van der Waals surface area contributed by atoms with Crippen molar-refractivity contribution >= 4 is 22.8 Å². The van der Waals surface area contributed by atoms with Gasteiger partial charge in [0.2, 0.25) is 0 Å². The summed E-state index contributed by atoms with van der Waals surface area (Å²) in [6.45, 7) is 4.03. The fourth-order valence-corrected chi connectivity index (χ4v) is 3.65. The molecule has 0 unspecified atom stereocenters. The first-order chi connectivity index (χ1) is 13.6. The van der Waals surface area contributed by atoms with E-state index >= 15 is 0 Å². The van der Waals surface area contributed by atoms with Crippen LogP contribution in [0.25, 0.3) is 11.2 Å². The van der Waals surface area contributed by atoms with Crippen LogP contribution in [-0.4, -0.2) is 24.7 Å². The molecule has 3 heterocycles. The van der Waals surface area contributed by atoms with E-state index in [2.05, 4.69) is 32.0 Å². The molecule has 142 valence electrons. The third kappa shape index (κ3) is 3.02. The van der Waals surface area contributed by atoms with Gasteiger partial charge in [-0.2, -0.15) is 5.10 Å². The Labute approximate surface area is 161 Å².